The molecule has 1 aliphatic heterocycles. The molecule has 26 heavy (non-hydrogen) atoms. The summed E-state index contributed by atoms with van der Waals surface area (Å²) in [7, 11) is 0. The topological polar surface area (TPSA) is 88.3 Å². The van der Waals surface area contributed by atoms with Gasteiger partial charge in [-0.25, -0.2) is 4.79 Å². The fourth-order valence-electron chi connectivity index (χ4n) is 2.92. The average molecular weight is 352 g/mol. The molecule has 0 saturated carbocycles. The molecule has 134 valence electrons. The summed E-state index contributed by atoms with van der Waals surface area (Å²) in [6.07, 6.45) is 1.47. The van der Waals surface area contributed by atoms with Crippen molar-refractivity contribution in [1.29, 1.82) is 0 Å². The monoisotopic (exact) mass is 352 g/mol. The molecule has 3 N–H and O–H groups in total. The highest BCUT2D eigenvalue weighted by Crippen LogP contribution is 2.23. The maximum absolute atomic E-state index is 12.1. The lowest BCUT2D eigenvalue weighted by Crippen LogP contribution is -2.34. The van der Waals surface area contributed by atoms with Gasteiger partial charge >= 0.3 is 6.03 Å². The van der Waals surface area contributed by atoms with Crippen molar-refractivity contribution in [3.8, 4) is 0 Å². The number of nitrogens with one attached hydrogen (secondary N) is 3. The third-order valence-electron chi connectivity index (χ3n) is 4.26. The van der Waals surface area contributed by atoms with Crippen LogP contribution in [0, 0.1) is 0 Å². The van der Waals surface area contributed by atoms with Crippen LogP contribution in [0.2, 0.25) is 0 Å². The number of nitrogens with zero attached hydrogens (tertiary/aromatic N) is 1. The Morgan fingerprint density at radius 2 is 1.85 bits per heavy atom. The molecule has 0 aliphatic carbocycles. The fraction of sp³-hybridized carbons (Fsp3) is 0.263. The van der Waals surface area contributed by atoms with Gasteiger partial charge in [-0.15, -0.1) is 0 Å². The molecule has 0 unspecified atom stereocenters. The average Bonchev–Trinajstić information content (AvgIpc) is 3.36. The largest absolute Gasteiger partial charge is 0.346 e. The lowest BCUT2D eigenvalue weighted by molar-refractivity contribution is -0.0441. The number of carbonyl (C=O) groups excluding carboxylic acids is 1. The number of aromatic amines is 1. The minimum Gasteiger partial charge on any atom is -0.346 e. The highest BCUT2D eigenvalue weighted by Gasteiger charge is 2.18. The maximum Gasteiger partial charge on any atom is 0.315 e. The van der Waals surface area contributed by atoms with Gasteiger partial charge in [0.1, 0.15) is 0 Å². The Morgan fingerprint density at radius 3 is 2.65 bits per heavy atom. The molecule has 1 saturated heterocycles. The first kappa shape index (κ1) is 16.6. The van der Waals surface area contributed by atoms with Gasteiger partial charge in [-0.05, 0) is 23.3 Å². The van der Waals surface area contributed by atoms with Crippen LogP contribution in [-0.2, 0) is 22.6 Å². The zero-order valence-electron chi connectivity index (χ0n) is 14.2. The minimum absolute atomic E-state index is 0.214. The smallest absolute Gasteiger partial charge is 0.315 e. The molecule has 0 bridgehead atoms. The van der Waals surface area contributed by atoms with Crippen LogP contribution in [0.15, 0.2) is 48.7 Å². The first-order valence-corrected chi connectivity index (χ1v) is 8.54. The normalized spacial score (nSPS) is 14.6. The Balaban J connectivity index is 1.29. The number of fused-ring (bicyclic) bond motifs is 1. The van der Waals surface area contributed by atoms with E-state index in [4.69, 9.17) is 9.47 Å². The predicted octanol–water partition coefficient (Wildman–Crippen LogP) is 2.61. The van der Waals surface area contributed by atoms with E-state index in [9.17, 15) is 4.79 Å². The third kappa shape index (κ3) is 3.84. The second-order valence-electron chi connectivity index (χ2n) is 6.15. The summed E-state index contributed by atoms with van der Waals surface area (Å²) in [5.41, 5.74) is 3.93. The summed E-state index contributed by atoms with van der Waals surface area (Å²) in [6.45, 7) is 2.11. The summed E-state index contributed by atoms with van der Waals surface area (Å²) in [5, 5.41) is 13.7. The van der Waals surface area contributed by atoms with Crippen molar-refractivity contribution in [2.24, 2.45) is 0 Å². The summed E-state index contributed by atoms with van der Waals surface area (Å²) in [6, 6.07) is 13.6. The van der Waals surface area contributed by atoms with Gasteiger partial charge in [0.05, 0.1) is 24.9 Å². The van der Waals surface area contributed by atoms with Gasteiger partial charge in [0.15, 0.2) is 6.29 Å². The zero-order valence-corrected chi connectivity index (χ0v) is 14.2. The van der Waals surface area contributed by atoms with Crippen LogP contribution in [-0.4, -0.2) is 29.4 Å². The van der Waals surface area contributed by atoms with Crippen LogP contribution in [0.1, 0.15) is 23.0 Å². The maximum atomic E-state index is 12.1. The van der Waals surface area contributed by atoms with Crippen LogP contribution < -0.4 is 10.6 Å². The molecule has 1 aliphatic rings. The molecule has 7 heteroatoms. The van der Waals surface area contributed by atoms with Crippen molar-refractivity contribution in [2.75, 3.05) is 13.2 Å². The van der Waals surface area contributed by atoms with Crippen LogP contribution >= 0.6 is 0 Å². The van der Waals surface area contributed by atoms with Crippen molar-refractivity contribution in [3.63, 3.8) is 0 Å². The molecule has 2 aromatic carbocycles. The molecule has 3 aromatic rings. The first-order chi connectivity index (χ1) is 12.8. The summed E-state index contributed by atoms with van der Waals surface area (Å²) < 4.78 is 11.0. The highest BCUT2D eigenvalue weighted by molar-refractivity contribution is 5.78. The Labute approximate surface area is 150 Å². The van der Waals surface area contributed by atoms with E-state index in [0.29, 0.717) is 26.3 Å². The van der Waals surface area contributed by atoms with Gasteiger partial charge in [-0.2, -0.15) is 5.10 Å². The molecular weight excluding hydrogens is 332 g/mol. The van der Waals surface area contributed by atoms with Crippen LogP contribution in [0.3, 0.4) is 0 Å². The number of amides is 2. The number of H-pyrrole nitrogens is 1. The van der Waals surface area contributed by atoms with E-state index in [1.54, 1.807) is 6.20 Å². The van der Waals surface area contributed by atoms with Gasteiger partial charge in [0.2, 0.25) is 0 Å². The first-order valence-electron chi connectivity index (χ1n) is 8.54. The molecule has 4 rings (SSSR count). The minimum atomic E-state index is -0.304. The van der Waals surface area contributed by atoms with Gasteiger partial charge in [0.25, 0.3) is 0 Å². The number of aromatic nitrogens is 2. The quantitative estimate of drug-likeness (QED) is 0.659. The van der Waals surface area contributed by atoms with Crippen molar-refractivity contribution in [1.82, 2.24) is 20.8 Å². The fourth-order valence-corrected chi connectivity index (χ4v) is 2.92. The Bertz CT molecular complexity index is 902. The Hall–Kier alpha value is -2.90. The lowest BCUT2D eigenvalue weighted by Gasteiger charge is -2.12. The van der Waals surface area contributed by atoms with Gasteiger partial charge < -0.3 is 20.1 Å². The van der Waals surface area contributed by atoms with Crippen molar-refractivity contribution in [2.45, 2.75) is 19.4 Å². The van der Waals surface area contributed by atoms with E-state index in [-0.39, 0.29) is 12.3 Å². The van der Waals surface area contributed by atoms with E-state index in [2.05, 4.69) is 20.8 Å². The predicted molar refractivity (Wildman–Crippen MR) is 96.3 cm³/mol. The zero-order chi connectivity index (χ0) is 17.8. The van der Waals surface area contributed by atoms with E-state index in [1.807, 2.05) is 42.5 Å². The molecule has 0 radical (unpaired) electrons. The second kappa shape index (κ2) is 7.55. The van der Waals surface area contributed by atoms with Gasteiger partial charge in [-0.3, -0.25) is 5.10 Å². The SMILES string of the molecule is O=C(NCc1cccc(C2OCCO2)c1)NCc1ccc2cn[nH]c2c1. The van der Waals surface area contributed by atoms with Crippen LogP contribution in [0.4, 0.5) is 4.79 Å². The lowest BCUT2D eigenvalue weighted by atomic mass is 10.1. The second-order valence-corrected chi connectivity index (χ2v) is 6.15. The molecule has 0 atom stereocenters. The standard InChI is InChI=1S/C19H20N4O3/c24-19(21-11-14-4-5-16-12-22-23-17(16)9-14)20-10-13-2-1-3-15(8-13)18-25-6-7-26-18/h1-5,8-9,12,18H,6-7,10-11H2,(H,22,23)(H2,20,21,24). The van der Waals surface area contributed by atoms with Gasteiger partial charge in [-0.1, -0.05) is 30.3 Å². The molecule has 1 aromatic heterocycles. The molecule has 2 heterocycles. The molecule has 7 nitrogen and oxygen atoms in total. The number of hydrogen-bond donors (Lipinski definition) is 3. The molecule has 0 spiro atoms. The Kier molecular flexibility index (Phi) is 4.81. The van der Waals surface area contributed by atoms with Crippen LogP contribution in [0.25, 0.3) is 10.9 Å². The van der Waals surface area contributed by atoms with E-state index in [0.717, 1.165) is 27.6 Å². The number of rotatable bonds is 5. The van der Waals surface area contributed by atoms with Crippen LogP contribution in [0.5, 0.6) is 0 Å². The van der Waals surface area contributed by atoms with Crippen molar-refractivity contribution >= 4 is 16.9 Å². The van der Waals surface area contributed by atoms with E-state index >= 15 is 0 Å². The summed E-state index contributed by atoms with van der Waals surface area (Å²) in [4.78, 5) is 12.1. The number of urea groups is 1. The number of carbonyl (C=O) groups is 1. The summed E-state index contributed by atoms with van der Waals surface area (Å²) in [5.74, 6) is 0. The van der Waals surface area contributed by atoms with Crippen molar-refractivity contribution < 1.29 is 14.3 Å². The highest BCUT2D eigenvalue weighted by atomic mass is 16.7. The third-order valence-corrected chi connectivity index (χ3v) is 4.26. The number of ether oxygens (including phenoxy) is 2. The van der Waals surface area contributed by atoms with E-state index in [1.165, 1.54) is 0 Å². The number of benzene rings is 2. The molecule has 1 fully saturated rings. The molecule has 2 amide bonds. The van der Waals surface area contributed by atoms with E-state index < -0.39 is 0 Å². The Morgan fingerprint density at radius 1 is 1.08 bits per heavy atom. The number of hydrogen-bond acceptors (Lipinski definition) is 4. The van der Waals surface area contributed by atoms with Gasteiger partial charge in [0, 0.05) is 24.0 Å². The molecular formula is C19H20N4O3. The van der Waals surface area contributed by atoms with Crippen molar-refractivity contribution in [3.05, 3.63) is 65.4 Å². The summed E-state index contributed by atoms with van der Waals surface area (Å²) >= 11 is 0.